The summed E-state index contributed by atoms with van der Waals surface area (Å²) in [4.78, 5) is 10.8. The van der Waals surface area contributed by atoms with Crippen LogP contribution in [0.5, 0.6) is 0 Å². The molecule has 4 heteroatoms. The van der Waals surface area contributed by atoms with Gasteiger partial charge in [0.05, 0.1) is 5.88 Å². The van der Waals surface area contributed by atoms with Crippen molar-refractivity contribution in [1.29, 1.82) is 5.26 Å². The van der Waals surface area contributed by atoms with Gasteiger partial charge in [-0.05, 0) is 12.8 Å². The maximum Gasteiger partial charge on any atom is 0.179 e. The lowest BCUT2D eigenvalue weighted by molar-refractivity contribution is -0.105. The van der Waals surface area contributed by atoms with Crippen molar-refractivity contribution in [2.75, 3.05) is 19.0 Å². The van der Waals surface area contributed by atoms with Gasteiger partial charge in [-0.1, -0.05) is 0 Å². The van der Waals surface area contributed by atoms with Crippen LogP contribution in [0, 0.1) is 11.5 Å². The van der Waals surface area contributed by atoms with Crippen molar-refractivity contribution in [3.05, 3.63) is 0 Å². The van der Waals surface area contributed by atoms with Crippen LogP contribution in [0.3, 0.4) is 0 Å². The molecule has 0 N–H and O–H groups in total. The molecule has 1 heterocycles. The van der Waals surface area contributed by atoms with E-state index in [-0.39, 0.29) is 5.88 Å². The zero-order chi connectivity index (χ0) is 8.53. The summed E-state index contributed by atoms with van der Waals surface area (Å²) >= 11 is 4.82. The Balaban J connectivity index is 0.000000218. The fraction of sp³-hybridized carbons (Fsp3) is 0.714. The first-order chi connectivity index (χ1) is 5.35. The maximum absolute atomic E-state index is 9.04. The Labute approximate surface area is 71.5 Å². The zero-order valence-corrected chi connectivity index (χ0v) is 7.05. The number of hydrogen-bond donors (Lipinski definition) is 0. The van der Waals surface area contributed by atoms with Gasteiger partial charge in [0.25, 0.3) is 0 Å². The SMILES string of the molecule is N#CN1CCCC1.O=CCCl. The van der Waals surface area contributed by atoms with Crippen LogP contribution in [0.15, 0.2) is 0 Å². The molecule has 11 heavy (non-hydrogen) atoms. The second kappa shape index (κ2) is 7.36. The van der Waals surface area contributed by atoms with Crippen LogP contribution in [-0.2, 0) is 4.79 Å². The van der Waals surface area contributed by atoms with Crippen molar-refractivity contribution >= 4 is 17.9 Å². The number of aldehydes is 1. The molecule has 0 spiro atoms. The van der Waals surface area contributed by atoms with Gasteiger partial charge in [0.2, 0.25) is 0 Å². The van der Waals surface area contributed by atoms with Crippen LogP contribution in [0.25, 0.3) is 0 Å². The molecule has 0 radical (unpaired) electrons. The van der Waals surface area contributed by atoms with E-state index in [1.807, 2.05) is 0 Å². The van der Waals surface area contributed by atoms with E-state index < -0.39 is 0 Å². The summed E-state index contributed by atoms with van der Waals surface area (Å²) in [6.07, 6.45) is 5.14. The average molecular weight is 175 g/mol. The Kier molecular flexibility index (Phi) is 6.86. The zero-order valence-electron chi connectivity index (χ0n) is 6.29. The molecule has 1 rings (SSSR count). The van der Waals surface area contributed by atoms with Crippen molar-refractivity contribution in [2.24, 2.45) is 0 Å². The van der Waals surface area contributed by atoms with E-state index in [9.17, 15) is 0 Å². The van der Waals surface area contributed by atoms with Gasteiger partial charge in [-0.25, -0.2) is 0 Å². The lowest BCUT2D eigenvalue weighted by Gasteiger charge is -2.00. The highest BCUT2D eigenvalue weighted by molar-refractivity contribution is 6.24. The van der Waals surface area contributed by atoms with Gasteiger partial charge in [0.15, 0.2) is 6.19 Å². The van der Waals surface area contributed by atoms with Crippen molar-refractivity contribution in [3.8, 4) is 6.19 Å². The number of likely N-dealkylation sites (tertiary alicyclic amines) is 1. The minimum absolute atomic E-state index is 0.111. The molecule has 0 saturated carbocycles. The Morgan fingerprint density at radius 1 is 1.55 bits per heavy atom. The van der Waals surface area contributed by atoms with Crippen molar-refractivity contribution in [3.63, 3.8) is 0 Å². The molecule has 1 fully saturated rings. The van der Waals surface area contributed by atoms with Crippen molar-refractivity contribution in [1.82, 2.24) is 4.90 Å². The van der Waals surface area contributed by atoms with E-state index in [4.69, 9.17) is 21.7 Å². The molecule has 1 aliphatic rings. The number of carbonyl (C=O) groups is 1. The van der Waals surface area contributed by atoms with Gasteiger partial charge >= 0.3 is 0 Å². The molecule has 0 aliphatic carbocycles. The maximum atomic E-state index is 9.04. The predicted molar refractivity (Wildman–Crippen MR) is 43.2 cm³/mol. The fourth-order valence-corrected chi connectivity index (χ4v) is 0.817. The van der Waals surface area contributed by atoms with Crippen molar-refractivity contribution in [2.45, 2.75) is 12.8 Å². The van der Waals surface area contributed by atoms with E-state index in [1.165, 1.54) is 12.8 Å². The molecule has 0 aromatic rings. The summed E-state index contributed by atoms with van der Waals surface area (Å²) in [5.74, 6) is 0.111. The predicted octanol–water partition coefficient (Wildman–Crippen LogP) is 0.987. The van der Waals surface area contributed by atoms with Gasteiger partial charge in [0, 0.05) is 13.1 Å². The van der Waals surface area contributed by atoms with E-state index in [0.717, 1.165) is 13.1 Å². The van der Waals surface area contributed by atoms with E-state index in [2.05, 4.69) is 6.19 Å². The molecule has 1 aliphatic heterocycles. The molecular formula is C7H11ClN2O. The van der Waals surface area contributed by atoms with Gasteiger partial charge < -0.3 is 9.69 Å². The Hall–Kier alpha value is -0.750. The van der Waals surface area contributed by atoms with E-state index in [1.54, 1.807) is 4.90 Å². The first-order valence-corrected chi connectivity index (χ1v) is 4.03. The highest BCUT2D eigenvalue weighted by Crippen LogP contribution is 2.03. The monoisotopic (exact) mass is 174 g/mol. The molecule has 0 amide bonds. The molecule has 0 unspecified atom stereocenters. The largest absolute Gasteiger partial charge is 0.311 e. The lowest BCUT2D eigenvalue weighted by atomic mass is 10.4. The van der Waals surface area contributed by atoms with E-state index in [0.29, 0.717) is 6.29 Å². The third-order valence-corrected chi connectivity index (χ3v) is 1.44. The summed E-state index contributed by atoms with van der Waals surface area (Å²) in [5.41, 5.74) is 0. The lowest BCUT2D eigenvalue weighted by Crippen LogP contribution is -2.10. The molecule has 1 saturated heterocycles. The number of carbonyl (C=O) groups excluding carboxylic acids is 1. The smallest absolute Gasteiger partial charge is 0.179 e. The molecule has 0 aromatic carbocycles. The first kappa shape index (κ1) is 10.2. The molecule has 0 bridgehead atoms. The third kappa shape index (κ3) is 5.68. The molecule has 3 nitrogen and oxygen atoms in total. The summed E-state index contributed by atoms with van der Waals surface area (Å²) in [6, 6.07) is 0. The second-order valence-corrected chi connectivity index (χ2v) is 2.42. The van der Waals surface area contributed by atoms with Crippen LogP contribution >= 0.6 is 11.6 Å². The minimum Gasteiger partial charge on any atom is -0.311 e. The summed E-state index contributed by atoms with van der Waals surface area (Å²) < 4.78 is 0. The summed E-state index contributed by atoms with van der Waals surface area (Å²) in [6.45, 7) is 1.97. The van der Waals surface area contributed by atoms with Crippen LogP contribution in [-0.4, -0.2) is 30.2 Å². The summed E-state index contributed by atoms with van der Waals surface area (Å²) in [7, 11) is 0. The van der Waals surface area contributed by atoms with Gasteiger partial charge in [-0.3, -0.25) is 0 Å². The number of nitrogens with zero attached hydrogens (tertiary/aromatic N) is 2. The van der Waals surface area contributed by atoms with Crippen LogP contribution in [0.1, 0.15) is 12.8 Å². The molecule has 62 valence electrons. The first-order valence-electron chi connectivity index (χ1n) is 3.49. The molecule has 0 atom stereocenters. The molecular weight excluding hydrogens is 164 g/mol. The number of alkyl halides is 1. The molecule has 0 aromatic heterocycles. The van der Waals surface area contributed by atoms with Gasteiger partial charge in [-0.15, -0.1) is 11.6 Å². The van der Waals surface area contributed by atoms with Crippen molar-refractivity contribution < 1.29 is 4.79 Å². The van der Waals surface area contributed by atoms with E-state index >= 15 is 0 Å². The third-order valence-electron chi connectivity index (χ3n) is 1.31. The van der Waals surface area contributed by atoms with Crippen LogP contribution in [0.4, 0.5) is 0 Å². The Morgan fingerprint density at radius 3 is 2.18 bits per heavy atom. The normalized spacial score (nSPS) is 14.7. The number of rotatable bonds is 1. The highest BCUT2D eigenvalue weighted by Gasteiger charge is 2.06. The standard InChI is InChI=1S/C5H8N2.C2H3ClO/c6-5-7-3-1-2-4-7;3-1-2-4/h1-4H2;2H,1H2. The van der Waals surface area contributed by atoms with Gasteiger partial charge in [0.1, 0.15) is 6.29 Å². The second-order valence-electron chi connectivity index (χ2n) is 2.12. The number of halogens is 1. The number of nitriles is 1. The number of hydrogen-bond acceptors (Lipinski definition) is 3. The Bertz CT molecular complexity index is 138. The van der Waals surface area contributed by atoms with Crippen LogP contribution < -0.4 is 0 Å². The highest BCUT2D eigenvalue weighted by atomic mass is 35.5. The minimum atomic E-state index is 0.111. The quantitative estimate of drug-likeness (QED) is 0.338. The topological polar surface area (TPSA) is 44.1 Å². The average Bonchev–Trinajstić information content (AvgIpc) is 2.56. The van der Waals surface area contributed by atoms with Crippen LogP contribution in [0.2, 0.25) is 0 Å². The fourth-order valence-electron chi connectivity index (χ4n) is 0.817. The van der Waals surface area contributed by atoms with Gasteiger partial charge in [-0.2, -0.15) is 5.26 Å². The Morgan fingerprint density at radius 2 is 2.00 bits per heavy atom. The summed E-state index contributed by atoms with van der Waals surface area (Å²) in [5, 5.41) is 8.24.